The first-order valence-electron chi connectivity index (χ1n) is 7.49. The zero-order valence-electron chi connectivity index (χ0n) is 13.8. The van der Waals surface area contributed by atoms with Crippen molar-refractivity contribution in [3.8, 4) is 17.4 Å². The van der Waals surface area contributed by atoms with Crippen LogP contribution in [0.4, 0.5) is 0 Å². The van der Waals surface area contributed by atoms with Crippen LogP contribution < -0.4 is 14.2 Å². The van der Waals surface area contributed by atoms with E-state index in [1.165, 1.54) is 0 Å². The first-order valence-corrected chi connectivity index (χ1v) is 8.28. The number of benzene rings is 2. The second-order valence-electron chi connectivity index (χ2n) is 5.32. The maximum absolute atomic E-state index is 5.53. The second kappa shape index (κ2) is 7.09. The molecule has 3 aromatic rings. The molecule has 5 heteroatoms. The molecule has 4 nitrogen and oxygen atoms in total. The summed E-state index contributed by atoms with van der Waals surface area (Å²) in [5.41, 5.74) is 2.91. The van der Waals surface area contributed by atoms with Crippen LogP contribution in [0.15, 0.2) is 46.9 Å². The van der Waals surface area contributed by atoms with Crippen molar-refractivity contribution in [3.63, 3.8) is 0 Å². The Morgan fingerprint density at radius 2 is 1.75 bits per heavy atom. The Labute approximate surface area is 149 Å². The van der Waals surface area contributed by atoms with Gasteiger partial charge in [0.2, 0.25) is 5.88 Å². The minimum atomic E-state index is 0.620. The van der Waals surface area contributed by atoms with Crippen molar-refractivity contribution in [2.45, 2.75) is 6.42 Å². The summed E-state index contributed by atoms with van der Waals surface area (Å²) in [6.07, 6.45) is 0.638. The van der Waals surface area contributed by atoms with E-state index in [2.05, 4.69) is 27.0 Å². The molecule has 0 radical (unpaired) electrons. The molecule has 0 bridgehead atoms. The summed E-state index contributed by atoms with van der Waals surface area (Å²) in [6.45, 7) is 0. The van der Waals surface area contributed by atoms with Gasteiger partial charge in [-0.15, -0.1) is 0 Å². The Balaban J connectivity index is 2.09. The largest absolute Gasteiger partial charge is 0.493 e. The van der Waals surface area contributed by atoms with Gasteiger partial charge in [-0.3, -0.25) is 0 Å². The van der Waals surface area contributed by atoms with E-state index in [0.29, 0.717) is 18.1 Å². The number of rotatable bonds is 5. The number of pyridine rings is 1. The van der Waals surface area contributed by atoms with Crippen molar-refractivity contribution in [2.24, 2.45) is 0 Å². The van der Waals surface area contributed by atoms with Gasteiger partial charge in [-0.05, 0) is 30.3 Å². The van der Waals surface area contributed by atoms with E-state index >= 15 is 0 Å². The molecule has 1 heterocycles. The summed E-state index contributed by atoms with van der Waals surface area (Å²) in [7, 11) is 4.92. The summed E-state index contributed by atoms with van der Waals surface area (Å²) >= 11 is 3.51. The third-order valence-corrected chi connectivity index (χ3v) is 4.37. The fourth-order valence-corrected chi connectivity index (χ4v) is 3.15. The smallest absolute Gasteiger partial charge is 0.217 e. The van der Waals surface area contributed by atoms with E-state index in [1.54, 1.807) is 21.3 Å². The number of aromatic nitrogens is 1. The summed E-state index contributed by atoms with van der Waals surface area (Å²) in [6, 6.07) is 14.0. The number of nitrogens with zero attached hydrogens (tertiary/aromatic N) is 1. The molecule has 0 aliphatic heterocycles. The van der Waals surface area contributed by atoms with Crippen molar-refractivity contribution in [1.29, 1.82) is 0 Å². The molecule has 0 N–H and O–H groups in total. The minimum absolute atomic E-state index is 0.620. The van der Waals surface area contributed by atoms with E-state index in [1.807, 2.05) is 36.4 Å². The van der Waals surface area contributed by atoms with Gasteiger partial charge >= 0.3 is 0 Å². The van der Waals surface area contributed by atoms with Gasteiger partial charge in [-0.2, -0.15) is 0 Å². The van der Waals surface area contributed by atoms with Gasteiger partial charge < -0.3 is 14.2 Å². The lowest BCUT2D eigenvalue weighted by Gasteiger charge is -2.14. The Hall–Kier alpha value is -2.27. The lowest BCUT2D eigenvalue weighted by atomic mass is 10.0. The highest BCUT2D eigenvalue weighted by Crippen LogP contribution is 2.34. The summed E-state index contributed by atoms with van der Waals surface area (Å²) in [5, 5.41) is 1.06. The molecule has 3 rings (SSSR count). The Morgan fingerprint density at radius 1 is 0.917 bits per heavy atom. The van der Waals surface area contributed by atoms with Crippen LogP contribution in [0, 0.1) is 0 Å². The van der Waals surface area contributed by atoms with Crippen LogP contribution in [-0.2, 0) is 6.42 Å². The standard InChI is InChI=1S/C19H18BrNO3/c1-22-17-6-4-5-12(18(17)23-2)9-14-10-13-11-15(20)7-8-16(13)21-19(14)24-3/h4-8,10-11H,9H2,1-3H3. The lowest BCUT2D eigenvalue weighted by molar-refractivity contribution is 0.352. The van der Waals surface area contributed by atoms with E-state index in [9.17, 15) is 0 Å². The molecule has 2 aromatic carbocycles. The molecule has 0 aliphatic rings. The van der Waals surface area contributed by atoms with Crippen molar-refractivity contribution < 1.29 is 14.2 Å². The number of methoxy groups -OCH3 is 3. The van der Waals surface area contributed by atoms with Gasteiger partial charge in [0.05, 0.1) is 26.8 Å². The van der Waals surface area contributed by atoms with Crippen LogP contribution in [0.2, 0.25) is 0 Å². The van der Waals surface area contributed by atoms with Crippen LogP contribution >= 0.6 is 15.9 Å². The first kappa shape index (κ1) is 16.6. The van der Waals surface area contributed by atoms with E-state index < -0.39 is 0 Å². The molecule has 0 spiro atoms. The predicted molar refractivity (Wildman–Crippen MR) is 98.3 cm³/mol. The third kappa shape index (κ3) is 3.17. The molecule has 0 unspecified atom stereocenters. The maximum Gasteiger partial charge on any atom is 0.217 e. The first-order chi connectivity index (χ1) is 11.7. The number of hydrogen-bond donors (Lipinski definition) is 0. The molecule has 124 valence electrons. The van der Waals surface area contributed by atoms with Gasteiger partial charge in [-0.1, -0.05) is 28.1 Å². The summed E-state index contributed by atoms with van der Waals surface area (Å²) in [5.74, 6) is 2.07. The van der Waals surface area contributed by atoms with Gasteiger partial charge in [-0.25, -0.2) is 4.98 Å². The average molecular weight is 388 g/mol. The molecule has 0 aliphatic carbocycles. The fraction of sp³-hybridized carbons (Fsp3) is 0.211. The third-order valence-electron chi connectivity index (χ3n) is 3.87. The molecule has 1 aromatic heterocycles. The number of para-hydroxylation sites is 1. The molecular weight excluding hydrogens is 370 g/mol. The van der Waals surface area contributed by atoms with Crippen LogP contribution in [0.3, 0.4) is 0 Å². The molecular formula is C19H18BrNO3. The Bertz CT molecular complexity index is 880. The van der Waals surface area contributed by atoms with Gasteiger partial charge in [0.25, 0.3) is 0 Å². The quantitative estimate of drug-likeness (QED) is 0.640. The van der Waals surface area contributed by atoms with Gasteiger partial charge in [0.15, 0.2) is 11.5 Å². The van der Waals surface area contributed by atoms with Crippen molar-refractivity contribution in [1.82, 2.24) is 4.98 Å². The van der Waals surface area contributed by atoms with Gasteiger partial charge in [0, 0.05) is 27.4 Å². The molecule has 0 fully saturated rings. The zero-order chi connectivity index (χ0) is 17.1. The number of halogens is 1. The normalized spacial score (nSPS) is 10.7. The minimum Gasteiger partial charge on any atom is -0.493 e. The van der Waals surface area contributed by atoms with E-state index in [4.69, 9.17) is 14.2 Å². The highest BCUT2D eigenvalue weighted by Gasteiger charge is 2.14. The Morgan fingerprint density at radius 3 is 2.46 bits per heavy atom. The number of fused-ring (bicyclic) bond motifs is 1. The highest BCUT2D eigenvalue weighted by molar-refractivity contribution is 9.10. The average Bonchev–Trinajstić information content (AvgIpc) is 2.60. The van der Waals surface area contributed by atoms with Crippen molar-refractivity contribution in [2.75, 3.05) is 21.3 Å². The second-order valence-corrected chi connectivity index (χ2v) is 6.24. The SMILES string of the molecule is COc1cccc(Cc2cc3cc(Br)ccc3nc2OC)c1OC. The Kier molecular flexibility index (Phi) is 4.90. The number of hydrogen-bond acceptors (Lipinski definition) is 4. The lowest BCUT2D eigenvalue weighted by Crippen LogP contribution is -2.00. The molecule has 0 amide bonds. The fourth-order valence-electron chi connectivity index (χ4n) is 2.77. The molecule has 24 heavy (non-hydrogen) atoms. The van der Waals surface area contributed by atoms with Crippen molar-refractivity contribution >= 4 is 26.8 Å². The predicted octanol–water partition coefficient (Wildman–Crippen LogP) is 4.61. The van der Waals surface area contributed by atoms with E-state index in [-0.39, 0.29) is 0 Å². The summed E-state index contributed by atoms with van der Waals surface area (Å²) < 4.78 is 17.4. The highest BCUT2D eigenvalue weighted by atomic mass is 79.9. The van der Waals surface area contributed by atoms with Crippen molar-refractivity contribution in [3.05, 3.63) is 58.1 Å². The topological polar surface area (TPSA) is 40.6 Å². The van der Waals surface area contributed by atoms with Crippen LogP contribution in [0.5, 0.6) is 17.4 Å². The van der Waals surface area contributed by atoms with Crippen LogP contribution in [0.1, 0.15) is 11.1 Å². The zero-order valence-corrected chi connectivity index (χ0v) is 15.4. The monoisotopic (exact) mass is 387 g/mol. The molecule has 0 saturated heterocycles. The maximum atomic E-state index is 5.53. The number of ether oxygens (including phenoxy) is 3. The summed E-state index contributed by atoms with van der Waals surface area (Å²) in [4.78, 5) is 4.61. The van der Waals surface area contributed by atoms with Crippen LogP contribution in [-0.4, -0.2) is 26.3 Å². The van der Waals surface area contributed by atoms with Crippen LogP contribution in [0.25, 0.3) is 10.9 Å². The molecule has 0 atom stereocenters. The molecule has 0 saturated carbocycles. The van der Waals surface area contributed by atoms with E-state index in [0.717, 1.165) is 32.3 Å². The van der Waals surface area contributed by atoms with Gasteiger partial charge in [0.1, 0.15) is 0 Å².